The minimum atomic E-state index is -0.0839. The van der Waals surface area contributed by atoms with Crippen molar-refractivity contribution >= 4 is 0 Å². The van der Waals surface area contributed by atoms with Gasteiger partial charge >= 0.3 is 0 Å². The molecule has 0 saturated heterocycles. The summed E-state index contributed by atoms with van der Waals surface area (Å²) >= 11 is 0. The van der Waals surface area contributed by atoms with E-state index in [0.29, 0.717) is 0 Å². The molecular weight excluding hydrogens is 234 g/mol. The van der Waals surface area contributed by atoms with Crippen molar-refractivity contribution in [3.63, 3.8) is 0 Å². The Morgan fingerprint density at radius 1 is 1.21 bits per heavy atom. The molecular formula is C17H15NO. The van der Waals surface area contributed by atoms with E-state index in [2.05, 4.69) is 37.3 Å². The first kappa shape index (κ1) is 11.8. The Hall–Kier alpha value is -2.27. The van der Waals surface area contributed by atoms with Gasteiger partial charge in [-0.3, -0.25) is 0 Å². The monoisotopic (exact) mass is 249 g/mol. The van der Waals surface area contributed by atoms with E-state index in [4.69, 9.17) is 4.74 Å². The molecule has 1 atom stereocenters. The van der Waals surface area contributed by atoms with Crippen molar-refractivity contribution in [3.05, 3.63) is 53.1 Å². The number of fused-ring (bicyclic) bond motifs is 3. The lowest BCUT2D eigenvalue weighted by atomic mass is 9.78. The average molecular weight is 249 g/mol. The van der Waals surface area contributed by atoms with E-state index >= 15 is 0 Å². The van der Waals surface area contributed by atoms with E-state index in [-0.39, 0.29) is 5.92 Å². The topological polar surface area (TPSA) is 33.0 Å². The van der Waals surface area contributed by atoms with Crippen LogP contribution in [0.2, 0.25) is 0 Å². The van der Waals surface area contributed by atoms with Crippen molar-refractivity contribution in [3.8, 4) is 22.9 Å². The number of aryl methyl sites for hydroxylation is 1. The maximum atomic E-state index is 9.41. The Kier molecular flexibility index (Phi) is 2.76. The summed E-state index contributed by atoms with van der Waals surface area (Å²) < 4.78 is 5.44. The van der Waals surface area contributed by atoms with Crippen molar-refractivity contribution in [1.82, 2.24) is 0 Å². The molecule has 2 aromatic rings. The molecule has 94 valence electrons. The van der Waals surface area contributed by atoms with Crippen molar-refractivity contribution in [1.29, 1.82) is 5.26 Å². The average Bonchev–Trinajstić information content (AvgIpc) is 2.45. The third-order valence-electron chi connectivity index (χ3n) is 3.79. The van der Waals surface area contributed by atoms with E-state index in [0.717, 1.165) is 23.3 Å². The molecule has 1 unspecified atom stereocenters. The molecule has 0 heterocycles. The van der Waals surface area contributed by atoms with Crippen LogP contribution in [0.3, 0.4) is 0 Å². The number of benzene rings is 2. The van der Waals surface area contributed by atoms with Crippen LogP contribution in [0.15, 0.2) is 36.4 Å². The molecule has 0 bridgehead atoms. The van der Waals surface area contributed by atoms with Crippen LogP contribution in [0.4, 0.5) is 0 Å². The van der Waals surface area contributed by atoms with Crippen LogP contribution in [0, 0.1) is 18.3 Å². The predicted molar refractivity (Wildman–Crippen MR) is 75.2 cm³/mol. The summed E-state index contributed by atoms with van der Waals surface area (Å²) in [5.74, 6) is 0.796. The maximum Gasteiger partial charge on any atom is 0.122 e. The van der Waals surface area contributed by atoms with E-state index in [1.54, 1.807) is 7.11 Å². The highest BCUT2D eigenvalue weighted by atomic mass is 16.5. The predicted octanol–water partition coefficient (Wildman–Crippen LogP) is 3.83. The summed E-state index contributed by atoms with van der Waals surface area (Å²) in [5.41, 5.74) is 5.87. The molecule has 2 heteroatoms. The number of methoxy groups -OCH3 is 1. The lowest BCUT2D eigenvalue weighted by molar-refractivity contribution is 0.409. The Morgan fingerprint density at radius 2 is 2.05 bits per heavy atom. The Balaban J connectivity index is 2.30. The number of rotatable bonds is 1. The van der Waals surface area contributed by atoms with Gasteiger partial charge in [-0.1, -0.05) is 35.9 Å². The van der Waals surface area contributed by atoms with Crippen LogP contribution < -0.4 is 4.74 Å². The van der Waals surface area contributed by atoms with Crippen molar-refractivity contribution < 1.29 is 4.74 Å². The zero-order valence-corrected chi connectivity index (χ0v) is 11.1. The molecule has 2 nitrogen and oxygen atoms in total. The number of nitriles is 1. The van der Waals surface area contributed by atoms with Crippen molar-refractivity contribution in [2.45, 2.75) is 19.3 Å². The number of hydrogen-bond acceptors (Lipinski definition) is 2. The molecule has 0 saturated carbocycles. The minimum Gasteiger partial charge on any atom is -0.496 e. The molecule has 3 rings (SSSR count). The Morgan fingerprint density at radius 3 is 2.79 bits per heavy atom. The maximum absolute atomic E-state index is 9.41. The largest absolute Gasteiger partial charge is 0.496 e. The lowest BCUT2D eigenvalue weighted by Crippen LogP contribution is -2.11. The normalized spacial score (nSPS) is 16.2. The fourth-order valence-corrected chi connectivity index (χ4v) is 2.86. The van der Waals surface area contributed by atoms with Crippen molar-refractivity contribution in [2.75, 3.05) is 7.11 Å². The zero-order valence-electron chi connectivity index (χ0n) is 11.1. The smallest absolute Gasteiger partial charge is 0.122 e. The molecule has 0 amide bonds. The van der Waals surface area contributed by atoms with Crippen LogP contribution in [0.1, 0.15) is 22.6 Å². The second kappa shape index (κ2) is 4.44. The highest BCUT2D eigenvalue weighted by Crippen LogP contribution is 2.43. The standard InChI is InChI=1S/C17H15NO/c1-11-6-7-13-12(10-18)9-16-14(15(13)8-11)4-3-5-17(16)19-2/h3-8,12H,9H2,1-2H3. The fraction of sp³-hybridized carbons (Fsp3) is 0.235. The summed E-state index contributed by atoms with van der Waals surface area (Å²) in [7, 11) is 1.68. The van der Waals surface area contributed by atoms with Gasteiger partial charge in [0.1, 0.15) is 5.75 Å². The summed E-state index contributed by atoms with van der Waals surface area (Å²) in [6, 6.07) is 14.8. The lowest BCUT2D eigenvalue weighted by Gasteiger charge is -2.25. The molecule has 1 aliphatic rings. The zero-order chi connectivity index (χ0) is 13.4. The summed E-state index contributed by atoms with van der Waals surface area (Å²) in [6.07, 6.45) is 0.728. The molecule has 0 radical (unpaired) electrons. The van der Waals surface area contributed by atoms with Gasteiger partial charge in [-0.15, -0.1) is 0 Å². The van der Waals surface area contributed by atoms with E-state index in [9.17, 15) is 5.26 Å². The summed E-state index contributed by atoms with van der Waals surface area (Å²) in [4.78, 5) is 0. The van der Waals surface area contributed by atoms with Crippen LogP contribution in [0.25, 0.3) is 11.1 Å². The van der Waals surface area contributed by atoms with Gasteiger partial charge in [-0.2, -0.15) is 5.26 Å². The molecule has 2 aromatic carbocycles. The Bertz CT molecular complexity index is 682. The molecule has 19 heavy (non-hydrogen) atoms. The number of nitrogens with zero attached hydrogens (tertiary/aromatic N) is 1. The molecule has 0 fully saturated rings. The summed E-state index contributed by atoms with van der Waals surface area (Å²) in [5, 5.41) is 9.41. The second-order valence-corrected chi connectivity index (χ2v) is 4.96. The van der Waals surface area contributed by atoms with Gasteiger partial charge in [0.2, 0.25) is 0 Å². The summed E-state index contributed by atoms with van der Waals surface area (Å²) in [6.45, 7) is 2.08. The first-order chi connectivity index (χ1) is 9.24. The fourth-order valence-electron chi connectivity index (χ4n) is 2.86. The molecule has 1 aliphatic carbocycles. The quantitative estimate of drug-likeness (QED) is 0.769. The van der Waals surface area contributed by atoms with Crippen LogP contribution >= 0.6 is 0 Å². The van der Waals surface area contributed by atoms with E-state index in [1.807, 2.05) is 12.1 Å². The van der Waals surface area contributed by atoms with Gasteiger partial charge in [0.15, 0.2) is 0 Å². The second-order valence-electron chi connectivity index (χ2n) is 4.96. The van der Waals surface area contributed by atoms with Gasteiger partial charge in [0.05, 0.1) is 19.1 Å². The van der Waals surface area contributed by atoms with Crippen molar-refractivity contribution in [2.24, 2.45) is 0 Å². The van der Waals surface area contributed by atoms with E-state index in [1.165, 1.54) is 16.7 Å². The third kappa shape index (κ3) is 1.79. The first-order valence-corrected chi connectivity index (χ1v) is 6.41. The van der Waals surface area contributed by atoms with Gasteiger partial charge < -0.3 is 4.74 Å². The van der Waals surface area contributed by atoms with Crippen LogP contribution in [-0.2, 0) is 6.42 Å². The SMILES string of the molecule is COc1cccc2c1CC(C#N)c1ccc(C)cc1-2. The van der Waals surface area contributed by atoms with Gasteiger partial charge in [0.25, 0.3) is 0 Å². The molecule has 0 aromatic heterocycles. The minimum absolute atomic E-state index is 0.0839. The third-order valence-corrected chi connectivity index (χ3v) is 3.79. The Labute approximate surface area is 113 Å². The number of ether oxygens (including phenoxy) is 1. The molecule has 0 aliphatic heterocycles. The first-order valence-electron chi connectivity index (χ1n) is 6.41. The number of hydrogen-bond donors (Lipinski definition) is 0. The highest BCUT2D eigenvalue weighted by molar-refractivity contribution is 5.77. The van der Waals surface area contributed by atoms with Crippen LogP contribution in [0.5, 0.6) is 5.75 Å². The van der Waals surface area contributed by atoms with Gasteiger partial charge in [-0.25, -0.2) is 0 Å². The van der Waals surface area contributed by atoms with E-state index < -0.39 is 0 Å². The van der Waals surface area contributed by atoms with Crippen LogP contribution in [-0.4, -0.2) is 7.11 Å². The van der Waals surface area contributed by atoms with Gasteiger partial charge in [0, 0.05) is 5.56 Å². The molecule has 0 N–H and O–H groups in total. The molecule has 0 spiro atoms. The highest BCUT2D eigenvalue weighted by Gasteiger charge is 2.26. The van der Waals surface area contributed by atoms with Gasteiger partial charge in [-0.05, 0) is 36.1 Å².